The zero-order valence-corrected chi connectivity index (χ0v) is 25.0. The van der Waals surface area contributed by atoms with Gasteiger partial charge in [-0.1, -0.05) is 109 Å². The van der Waals surface area contributed by atoms with Crippen LogP contribution in [0, 0.1) is 0 Å². The summed E-state index contributed by atoms with van der Waals surface area (Å²) in [5, 5.41) is 6.88. The maximum atomic E-state index is 6.17. The van der Waals surface area contributed by atoms with Crippen LogP contribution in [-0.4, -0.2) is 4.98 Å². The molecule has 0 saturated heterocycles. The van der Waals surface area contributed by atoms with E-state index in [1.807, 2.05) is 12.3 Å². The Bertz CT molecular complexity index is 2530. The summed E-state index contributed by atoms with van der Waals surface area (Å²) < 4.78 is 6.17. The van der Waals surface area contributed by atoms with Gasteiger partial charge >= 0.3 is 0 Å². The van der Waals surface area contributed by atoms with Gasteiger partial charge < -0.3 is 9.32 Å². The van der Waals surface area contributed by atoms with Crippen molar-refractivity contribution >= 4 is 60.5 Å². The second kappa shape index (κ2) is 10.8. The van der Waals surface area contributed by atoms with Gasteiger partial charge in [-0.3, -0.25) is 4.98 Å². The highest BCUT2D eigenvalue weighted by atomic mass is 16.3. The lowest BCUT2D eigenvalue weighted by Crippen LogP contribution is -2.11. The van der Waals surface area contributed by atoms with Gasteiger partial charge in [0.2, 0.25) is 0 Å². The van der Waals surface area contributed by atoms with Crippen molar-refractivity contribution in [2.75, 3.05) is 4.90 Å². The van der Waals surface area contributed by atoms with Crippen molar-refractivity contribution in [2.24, 2.45) is 0 Å². The largest absolute Gasteiger partial charge is 0.456 e. The van der Waals surface area contributed by atoms with Crippen LogP contribution in [0.5, 0.6) is 0 Å². The predicted molar refractivity (Wildman–Crippen MR) is 192 cm³/mol. The van der Waals surface area contributed by atoms with E-state index < -0.39 is 0 Å². The van der Waals surface area contributed by atoms with Crippen molar-refractivity contribution in [3.8, 4) is 22.3 Å². The van der Waals surface area contributed by atoms with Gasteiger partial charge in [-0.05, 0) is 86.8 Å². The highest BCUT2D eigenvalue weighted by Gasteiger charge is 2.18. The van der Waals surface area contributed by atoms with Crippen LogP contribution < -0.4 is 4.90 Å². The fourth-order valence-electron chi connectivity index (χ4n) is 6.71. The number of para-hydroxylation sites is 1. The van der Waals surface area contributed by atoms with Crippen LogP contribution in [0.15, 0.2) is 175 Å². The zero-order valence-electron chi connectivity index (χ0n) is 25.0. The van der Waals surface area contributed by atoms with E-state index >= 15 is 0 Å². The van der Waals surface area contributed by atoms with Crippen LogP contribution in [0.2, 0.25) is 0 Å². The molecule has 0 bridgehead atoms. The molecule has 3 nitrogen and oxygen atoms in total. The molecule has 0 spiro atoms. The topological polar surface area (TPSA) is 29.3 Å². The van der Waals surface area contributed by atoms with E-state index in [4.69, 9.17) is 4.42 Å². The number of aromatic nitrogens is 1. The molecule has 216 valence electrons. The van der Waals surface area contributed by atoms with Gasteiger partial charge in [-0.2, -0.15) is 0 Å². The Morgan fingerprint density at radius 2 is 1.17 bits per heavy atom. The summed E-state index contributed by atoms with van der Waals surface area (Å²) in [6.07, 6.45) is 3.66. The standard InChI is InChI=1S/C43H28N2O/c1-2-9-30(10-3-1)38-14-6-7-16-41(38)45(34-20-17-31(18-21-34)37-15-8-12-29-11-4-5-13-36(29)37)35-22-19-32-27-43-39(26-33(32)25-35)40-28-44-24-23-42(40)46-43/h1-28H. The molecule has 0 saturated carbocycles. The fourth-order valence-corrected chi connectivity index (χ4v) is 6.71. The first kappa shape index (κ1) is 26.2. The number of anilines is 3. The summed E-state index contributed by atoms with van der Waals surface area (Å²) in [4.78, 5) is 6.73. The fraction of sp³-hybridized carbons (Fsp3) is 0. The van der Waals surface area contributed by atoms with Gasteiger partial charge in [-0.25, -0.2) is 0 Å². The smallest absolute Gasteiger partial charge is 0.138 e. The Morgan fingerprint density at radius 1 is 0.435 bits per heavy atom. The van der Waals surface area contributed by atoms with Crippen molar-refractivity contribution in [3.05, 3.63) is 170 Å². The maximum absolute atomic E-state index is 6.17. The zero-order chi connectivity index (χ0) is 30.5. The van der Waals surface area contributed by atoms with Crippen LogP contribution in [0.25, 0.3) is 65.7 Å². The van der Waals surface area contributed by atoms with Gasteiger partial charge in [0.25, 0.3) is 0 Å². The molecule has 0 aliphatic carbocycles. The number of nitrogens with zero attached hydrogens (tertiary/aromatic N) is 2. The SMILES string of the molecule is c1ccc(-c2ccccc2N(c2ccc(-c3cccc4ccccc34)cc2)c2ccc3cc4oc5ccncc5c4cc3c2)cc1. The van der Waals surface area contributed by atoms with Crippen molar-refractivity contribution in [1.29, 1.82) is 0 Å². The van der Waals surface area contributed by atoms with Gasteiger partial charge in [0.15, 0.2) is 0 Å². The quantitative estimate of drug-likeness (QED) is 0.200. The van der Waals surface area contributed by atoms with Gasteiger partial charge in [0, 0.05) is 40.1 Å². The van der Waals surface area contributed by atoms with E-state index in [0.29, 0.717) is 0 Å². The van der Waals surface area contributed by atoms with Gasteiger partial charge in [0.05, 0.1) is 5.69 Å². The lowest BCUT2D eigenvalue weighted by molar-refractivity contribution is 0.669. The van der Waals surface area contributed by atoms with Gasteiger partial charge in [0.1, 0.15) is 11.2 Å². The molecule has 0 aliphatic heterocycles. The molecule has 3 heteroatoms. The summed E-state index contributed by atoms with van der Waals surface area (Å²) in [6.45, 7) is 0. The highest BCUT2D eigenvalue weighted by Crippen LogP contribution is 2.43. The molecule has 0 aliphatic rings. The minimum atomic E-state index is 0.852. The summed E-state index contributed by atoms with van der Waals surface area (Å²) in [7, 11) is 0. The van der Waals surface area contributed by atoms with Gasteiger partial charge in [-0.15, -0.1) is 0 Å². The monoisotopic (exact) mass is 588 g/mol. The molecule has 46 heavy (non-hydrogen) atoms. The molecule has 2 heterocycles. The molecule has 7 aromatic carbocycles. The molecular formula is C43H28N2O. The molecular weight excluding hydrogens is 560 g/mol. The van der Waals surface area contributed by atoms with Crippen LogP contribution in [-0.2, 0) is 0 Å². The summed E-state index contributed by atoms with van der Waals surface area (Å²) in [6, 6.07) is 56.3. The minimum absolute atomic E-state index is 0.852. The average Bonchev–Trinajstić information content (AvgIpc) is 3.49. The van der Waals surface area contributed by atoms with E-state index in [9.17, 15) is 0 Å². The number of rotatable bonds is 5. The lowest BCUT2D eigenvalue weighted by atomic mass is 9.97. The van der Waals surface area contributed by atoms with Crippen LogP contribution in [0.3, 0.4) is 0 Å². The predicted octanol–water partition coefficient (Wildman–Crippen LogP) is 12.1. The molecule has 0 amide bonds. The first-order valence-corrected chi connectivity index (χ1v) is 15.5. The average molecular weight is 589 g/mol. The summed E-state index contributed by atoms with van der Waals surface area (Å²) in [5.74, 6) is 0. The number of benzene rings is 7. The van der Waals surface area contributed by atoms with Crippen molar-refractivity contribution < 1.29 is 4.42 Å². The normalized spacial score (nSPS) is 11.5. The van der Waals surface area contributed by atoms with E-state index in [0.717, 1.165) is 49.8 Å². The molecule has 0 unspecified atom stereocenters. The van der Waals surface area contributed by atoms with E-state index in [1.54, 1.807) is 6.20 Å². The second-order valence-corrected chi connectivity index (χ2v) is 11.6. The molecule has 2 aromatic heterocycles. The third-order valence-corrected chi connectivity index (χ3v) is 8.93. The first-order valence-electron chi connectivity index (χ1n) is 15.5. The molecule has 0 fully saturated rings. The van der Waals surface area contributed by atoms with Crippen molar-refractivity contribution in [3.63, 3.8) is 0 Å². The highest BCUT2D eigenvalue weighted by molar-refractivity contribution is 6.10. The van der Waals surface area contributed by atoms with E-state index in [-0.39, 0.29) is 0 Å². The number of pyridine rings is 1. The molecule has 0 radical (unpaired) electrons. The maximum Gasteiger partial charge on any atom is 0.138 e. The Labute approximate surface area is 266 Å². The van der Waals surface area contributed by atoms with Crippen LogP contribution >= 0.6 is 0 Å². The number of hydrogen-bond donors (Lipinski definition) is 0. The van der Waals surface area contributed by atoms with Crippen LogP contribution in [0.4, 0.5) is 17.1 Å². The third-order valence-electron chi connectivity index (χ3n) is 8.93. The lowest BCUT2D eigenvalue weighted by Gasteiger charge is -2.28. The number of furan rings is 1. The first-order chi connectivity index (χ1) is 22.8. The Hall–Kier alpha value is -6.19. The molecule has 0 atom stereocenters. The van der Waals surface area contributed by atoms with Crippen molar-refractivity contribution in [1.82, 2.24) is 4.98 Å². The Kier molecular flexibility index (Phi) is 6.14. The summed E-state index contributed by atoms with van der Waals surface area (Å²) >= 11 is 0. The second-order valence-electron chi connectivity index (χ2n) is 11.6. The van der Waals surface area contributed by atoms with E-state index in [1.165, 1.54) is 33.0 Å². The molecule has 9 rings (SSSR count). The summed E-state index contributed by atoms with van der Waals surface area (Å²) in [5.41, 5.74) is 9.79. The Balaban J connectivity index is 1.23. The minimum Gasteiger partial charge on any atom is -0.456 e. The molecule has 0 N–H and O–H groups in total. The number of hydrogen-bond acceptors (Lipinski definition) is 3. The molecule has 9 aromatic rings. The number of fused-ring (bicyclic) bond motifs is 5. The van der Waals surface area contributed by atoms with Crippen molar-refractivity contribution in [2.45, 2.75) is 0 Å². The van der Waals surface area contributed by atoms with Crippen LogP contribution in [0.1, 0.15) is 0 Å². The third kappa shape index (κ3) is 4.41. The van der Waals surface area contributed by atoms with E-state index in [2.05, 4.69) is 162 Å². The Morgan fingerprint density at radius 3 is 2.09 bits per heavy atom.